The molecule has 19 heavy (non-hydrogen) atoms. The van der Waals surface area contributed by atoms with Gasteiger partial charge in [0.05, 0.1) is 36.8 Å². The number of nitrogens with zero attached hydrogens (tertiary/aromatic N) is 3. The second kappa shape index (κ2) is 5.96. The summed E-state index contributed by atoms with van der Waals surface area (Å²) in [6, 6.07) is 1.34. The molecule has 2 heterocycles. The van der Waals surface area contributed by atoms with Crippen molar-refractivity contribution in [2.45, 2.75) is 6.54 Å². The van der Waals surface area contributed by atoms with Crippen molar-refractivity contribution in [2.24, 2.45) is 0 Å². The Balaban J connectivity index is 2.00. The predicted molar refractivity (Wildman–Crippen MR) is 68.0 cm³/mol. The number of aromatic nitrogens is 3. The molecular weight excluding hydrogens is 248 g/mol. The fourth-order valence-corrected chi connectivity index (χ4v) is 1.49. The molecule has 100 valence electrons. The van der Waals surface area contributed by atoms with Crippen LogP contribution in [0.3, 0.4) is 0 Å². The fraction of sp³-hybridized carbons (Fsp3) is 0.250. The third-order valence-electron chi connectivity index (χ3n) is 2.40. The van der Waals surface area contributed by atoms with Gasteiger partial charge in [-0.2, -0.15) is 5.10 Å². The highest BCUT2D eigenvalue weighted by Crippen LogP contribution is 2.11. The maximum absolute atomic E-state index is 11.9. The molecule has 0 spiro atoms. The number of nitrogens with one attached hydrogen (secondary N) is 1. The molecule has 0 aliphatic heterocycles. The average Bonchev–Trinajstić information content (AvgIpc) is 2.84. The van der Waals surface area contributed by atoms with Crippen LogP contribution in [-0.4, -0.2) is 39.5 Å². The molecule has 2 aromatic rings. The third-order valence-corrected chi connectivity index (χ3v) is 2.40. The Morgan fingerprint density at radius 3 is 3.05 bits per heavy atom. The van der Waals surface area contributed by atoms with Gasteiger partial charge in [0.1, 0.15) is 5.75 Å². The van der Waals surface area contributed by atoms with E-state index < -0.39 is 0 Å². The Bertz CT molecular complexity index is 568. The minimum Gasteiger partial charge on any atom is -0.506 e. The van der Waals surface area contributed by atoms with Crippen LogP contribution in [0.25, 0.3) is 0 Å². The van der Waals surface area contributed by atoms with Gasteiger partial charge in [-0.1, -0.05) is 0 Å². The molecule has 7 nitrogen and oxygen atoms in total. The molecule has 7 heteroatoms. The summed E-state index contributed by atoms with van der Waals surface area (Å²) in [7, 11) is 1.61. The van der Waals surface area contributed by atoms with Gasteiger partial charge in [0, 0.05) is 19.5 Å². The number of hydrogen-bond donors (Lipinski definition) is 2. The lowest BCUT2D eigenvalue weighted by Crippen LogP contribution is -2.11. The summed E-state index contributed by atoms with van der Waals surface area (Å²) in [6.07, 6.45) is 5.89. The van der Waals surface area contributed by atoms with Crippen LogP contribution in [0.1, 0.15) is 10.4 Å². The van der Waals surface area contributed by atoms with E-state index in [-0.39, 0.29) is 17.2 Å². The standard InChI is InChI=1S/C12H14N4O3/c1-19-3-2-16-8-10(6-14-16)15-12(18)9-4-11(17)7-13-5-9/h4-8,17H,2-3H2,1H3,(H,15,18). The largest absolute Gasteiger partial charge is 0.506 e. The van der Waals surface area contributed by atoms with Gasteiger partial charge in [0.15, 0.2) is 0 Å². The summed E-state index contributed by atoms with van der Waals surface area (Å²) in [5.41, 5.74) is 0.856. The van der Waals surface area contributed by atoms with Gasteiger partial charge in [-0.15, -0.1) is 0 Å². The van der Waals surface area contributed by atoms with Crippen LogP contribution in [0, 0.1) is 0 Å². The van der Waals surface area contributed by atoms with Crippen LogP contribution in [0.5, 0.6) is 5.75 Å². The maximum atomic E-state index is 11.9. The number of amides is 1. The molecule has 2 rings (SSSR count). The first-order chi connectivity index (χ1) is 9.19. The molecule has 0 aliphatic carbocycles. The lowest BCUT2D eigenvalue weighted by atomic mass is 10.2. The van der Waals surface area contributed by atoms with Gasteiger partial charge in [-0.25, -0.2) is 0 Å². The van der Waals surface area contributed by atoms with E-state index in [2.05, 4.69) is 15.4 Å². The Hall–Kier alpha value is -2.41. The van der Waals surface area contributed by atoms with Crippen molar-refractivity contribution >= 4 is 11.6 Å². The molecule has 0 radical (unpaired) electrons. The molecule has 2 aromatic heterocycles. The minimum atomic E-state index is -0.352. The summed E-state index contributed by atoms with van der Waals surface area (Å²) >= 11 is 0. The summed E-state index contributed by atoms with van der Waals surface area (Å²) in [5.74, 6) is -0.405. The third kappa shape index (κ3) is 3.52. The maximum Gasteiger partial charge on any atom is 0.257 e. The lowest BCUT2D eigenvalue weighted by molar-refractivity contribution is 0.102. The first-order valence-electron chi connectivity index (χ1n) is 5.66. The monoisotopic (exact) mass is 262 g/mol. The van der Waals surface area contributed by atoms with Gasteiger partial charge >= 0.3 is 0 Å². The van der Waals surface area contributed by atoms with Gasteiger partial charge in [0.25, 0.3) is 5.91 Å². The lowest BCUT2D eigenvalue weighted by Gasteiger charge is -2.02. The van der Waals surface area contributed by atoms with Gasteiger partial charge in [-0.3, -0.25) is 14.5 Å². The molecule has 0 atom stereocenters. The predicted octanol–water partition coefficient (Wildman–Crippen LogP) is 0.882. The molecule has 0 saturated carbocycles. The van der Waals surface area contributed by atoms with Crippen LogP contribution >= 0.6 is 0 Å². The zero-order valence-electron chi connectivity index (χ0n) is 10.4. The topological polar surface area (TPSA) is 89.3 Å². The number of rotatable bonds is 5. The number of carbonyl (C=O) groups excluding carboxylic acids is 1. The number of methoxy groups -OCH3 is 1. The van der Waals surface area contributed by atoms with E-state index in [1.165, 1.54) is 18.5 Å². The highest BCUT2D eigenvalue weighted by atomic mass is 16.5. The Labute approximate surface area is 109 Å². The fourth-order valence-electron chi connectivity index (χ4n) is 1.49. The first-order valence-corrected chi connectivity index (χ1v) is 5.66. The van der Waals surface area contributed by atoms with E-state index >= 15 is 0 Å². The smallest absolute Gasteiger partial charge is 0.257 e. The Morgan fingerprint density at radius 2 is 2.32 bits per heavy atom. The molecule has 0 unspecified atom stereocenters. The Kier molecular flexibility index (Phi) is 4.09. The number of ether oxygens (including phenoxy) is 1. The van der Waals surface area contributed by atoms with Crippen molar-refractivity contribution in [3.8, 4) is 5.75 Å². The SMILES string of the molecule is COCCn1cc(NC(=O)c2cncc(O)c2)cn1. The van der Waals surface area contributed by atoms with Crippen LogP contribution in [0.4, 0.5) is 5.69 Å². The van der Waals surface area contributed by atoms with Gasteiger partial charge in [-0.05, 0) is 6.07 Å². The molecule has 0 aliphatic rings. The quantitative estimate of drug-likeness (QED) is 0.835. The van der Waals surface area contributed by atoms with E-state index in [9.17, 15) is 9.90 Å². The summed E-state index contributed by atoms with van der Waals surface area (Å²) in [5, 5.41) is 16.0. The minimum absolute atomic E-state index is 0.0524. The highest BCUT2D eigenvalue weighted by molar-refractivity contribution is 6.04. The molecule has 0 fully saturated rings. The molecule has 0 aromatic carbocycles. The van der Waals surface area contributed by atoms with Gasteiger partial charge < -0.3 is 15.2 Å². The summed E-state index contributed by atoms with van der Waals surface area (Å²) < 4.78 is 6.60. The molecular formula is C12H14N4O3. The number of carbonyl (C=O) groups is 1. The summed E-state index contributed by atoms with van der Waals surface area (Å²) in [4.78, 5) is 15.6. The van der Waals surface area contributed by atoms with Crippen molar-refractivity contribution in [3.63, 3.8) is 0 Å². The zero-order chi connectivity index (χ0) is 13.7. The van der Waals surface area contributed by atoms with Crippen LogP contribution in [-0.2, 0) is 11.3 Å². The molecule has 1 amide bonds. The average molecular weight is 262 g/mol. The Morgan fingerprint density at radius 1 is 1.47 bits per heavy atom. The van der Waals surface area contributed by atoms with Gasteiger partial charge in [0.2, 0.25) is 0 Å². The van der Waals surface area contributed by atoms with Crippen LogP contribution < -0.4 is 5.32 Å². The number of hydrogen-bond acceptors (Lipinski definition) is 5. The van der Waals surface area contributed by atoms with Crippen LogP contribution in [0.2, 0.25) is 0 Å². The van der Waals surface area contributed by atoms with Crippen molar-refractivity contribution in [3.05, 3.63) is 36.4 Å². The molecule has 0 saturated heterocycles. The van der Waals surface area contributed by atoms with Crippen molar-refractivity contribution < 1.29 is 14.6 Å². The van der Waals surface area contributed by atoms with Crippen LogP contribution in [0.15, 0.2) is 30.9 Å². The first kappa shape index (κ1) is 13.0. The van der Waals surface area contributed by atoms with Crippen molar-refractivity contribution in [1.82, 2.24) is 14.8 Å². The molecule has 0 bridgehead atoms. The van der Waals surface area contributed by atoms with E-state index in [0.29, 0.717) is 18.8 Å². The van der Waals surface area contributed by atoms with Crippen molar-refractivity contribution in [2.75, 3.05) is 19.0 Å². The normalized spacial score (nSPS) is 10.4. The summed E-state index contributed by atoms with van der Waals surface area (Å²) in [6.45, 7) is 1.16. The second-order valence-corrected chi connectivity index (χ2v) is 3.87. The second-order valence-electron chi connectivity index (χ2n) is 3.87. The van der Waals surface area contributed by atoms with E-state index in [0.717, 1.165) is 0 Å². The number of anilines is 1. The van der Waals surface area contributed by atoms with Crippen molar-refractivity contribution in [1.29, 1.82) is 0 Å². The highest BCUT2D eigenvalue weighted by Gasteiger charge is 2.08. The van der Waals surface area contributed by atoms with E-state index in [1.54, 1.807) is 24.2 Å². The number of pyridine rings is 1. The molecule has 2 N–H and O–H groups in total. The zero-order valence-corrected chi connectivity index (χ0v) is 10.4. The van der Waals surface area contributed by atoms with E-state index in [4.69, 9.17) is 4.74 Å². The van der Waals surface area contributed by atoms with E-state index in [1.807, 2.05) is 0 Å². The number of aromatic hydroxyl groups is 1.